The Morgan fingerprint density at radius 2 is 1.93 bits per heavy atom. The van der Waals surface area contributed by atoms with E-state index in [4.69, 9.17) is 12.6 Å². The first-order chi connectivity index (χ1) is 13.0. The monoisotopic (exact) mass is 389 g/mol. The van der Waals surface area contributed by atoms with Crippen LogP contribution in [0.4, 0.5) is 0 Å². The molecule has 1 nitrogen and oxygen atoms in total. The molecule has 0 heterocycles. The Hall–Kier alpha value is -0.110. The second kappa shape index (κ2) is 7.96. The van der Waals surface area contributed by atoms with Gasteiger partial charge in [0.1, 0.15) is 0 Å². The summed E-state index contributed by atoms with van der Waals surface area (Å²) in [5, 5.41) is 3.29. The summed E-state index contributed by atoms with van der Waals surface area (Å²) in [7, 11) is 0. The number of hydrogen-bond acceptors (Lipinski definition) is 2. The summed E-state index contributed by atoms with van der Waals surface area (Å²) in [5.41, 5.74) is 0.642. The van der Waals surface area contributed by atoms with Gasteiger partial charge in [0.05, 0.1) is 0 Å². The van der Waals surface area contributed by atoms with Gasteiger partial charge < -0.3 is 5.32 Å². The topological polar surface area (TPSA) is 12.0 Å². The van der Waals surface area contributed by atoms with E-state index in [0.29, 0.717) is 10.2 Å². The highest BCUT2D eigenvalue weighted by atomic mass is 32.1. The van der Waals surface area contributed by atoms with Gasteiger partial charge in [0.15, 0.2) is 0 Å². The molecule has 27 heavy (non-hydrogen) atoms. The fraction of sp³-hybridized carbons (Fsp3) is 0.920. The molecule has 0 spiro atoms. The first-order valence-electron chi connectivity index (χ1n) is 12.1. The molecule has 0 aromatic rings. The summed E-state index contributed by atoms with van der Waals surface area (Å²) in [6, 6.07) is 0. The number of thiol groups is 1. The zero-order chi connectivity index (χ0) is 19.1. The molecule has 0 aromatic carbocycles. The van der Waals surface area contributed by atoms with Gasteiger partial charge in [-0.1, -0.05) is 39.7 Å². The van der Waals surface area contributed by atoms with Gasteiger partial charge in [-0.3, -0.25) is 0 Å². The van der Waals surface area contributed by atoms with Crippen LogP contribution in [-0.4, -0.2) is 11.3 Å². The zero-order valence-electron chi connectivity index (χ0n) is 17.9. The van der Waals surface area contributed by atoms with Crippen molar-refractivity contribution in [3.8, 4) is 0 Å². The molecule has 8 atom stereocenters. The molecule has 0 saturated heterocycles. The molecule has 4 saturated carbocycles. The van der Waals surface area contributed by atoms with E-state index in [1.165, 1.54) is 77.0 Å². The van der Waals surface area contributed by atoms with E-state index < -0.39 is 0 Å². The molecular formula is C25H43NS. The average Bonchev–Trinajstić information content (AvgIpc) is 3.00. The van der Waals surface area contributed by atoms with Gasteiger partial charge >= 0.3 is 0 Å². The maximum absolute atomic E-state index is 5.51. The van der Waals surface area contributed by atoms with Gasteiger partial charge in [0.2, 0.25) is 0 Å². The summed E-state index contributed by atoms with van der Waals surface area (Å²) < 4.78 is 0.339. The van der Waals surface area contributed by atoms with Crippen molar-refractivity contribution >= 4 is 12.6 Å². The smallest absolute Gasteiger partial charge is 0.0189 e. The molecule has 1 N–H and O–H groups in total. The standard InChI is InChI=1S/C25H43NS/c1-4-18-17-20-22(24(3)14-7-6-10-21(18)24)13-15-25(27)19(11-12-23(20)25)9-8-16-26-5-2/h5,18-23,26-27H,2,4,6-17H2,1,3H3/t18-,19?,20?,21?,22-,23?,24?,25?/m0/s1. The minimum atomic E-state index is 0.339. The van der Waals surface area contributed by atoms with Crippen molar-refractivity contribution in [2.75, 3.05) is 6.54 Å². The lowest BCUT2D eigenvalue weighted by Gasteiger charge is -2.62. The lowest BCUT2D eigenvalue weighted by molar-refractivity contribution is -0.111. The molecule has 4 aliphatic rings. The summed E-state index contributed by atoms with van der Waals surface area (Å²) in [6.07, 6.45) is 19.2. The Labute approximate surface area is 173 Å². The van der Waals surface area contributed by atoms with Gasteiger partial charge in [0.25, 0.3) is 0 Å². The van der Waals surface area contributed by atoms with E-state index in [1.54, 1.807) is 0 Å². The van der Waals surface area contributed by atoms with Crippen LogP contribution in [0, 0.1) is 40.9 Å². The minimum absolute atomic E-state index is 0.339. The Balaban J connectivity index is 1.52. The normalized spacial score (nSPS) is 49.0. The first kappa shape index (κ1) is 20.2. The summed E-state index contributed by atoms with van der Waals surface area (Å²) in [6.45, 7) is 10.1. The summed E-state index contributed by atoms with van der Waals surface area (Å²) in [5.74, 6) is 5.71. The predicted octanol–water partition coefficient (Wildman–Crippen LogP) is 6.85. The van der Waals surface area contributed by atoms with E-state index in [1.807, 2.05) is 6.20 Å². The molecule has 4 fully saturated rings. The van der Waals surface area contributed by atoms with Crippen molar-refractivity contribution in [3.05, 3.63) is 12.8 Å². The third kappa shape index (κ3) is 3.30. The van der Waals surface area contributed by atoms with Crippen LogP contribution >= 0.6 is 12.6 Å². The molecule has 4 aliphatic carbocycles. The van der Waals surface area contributed by atoms with Crippen LogP contribution in [0.1, 0.15) is 90.9 Å². The number of fused-ring (bicyclic) bond motifs is 5. The highest BCUT2D eigenvalue weighted by Gasteiger charge is 2.61. The Kier molecular flexibility index (Phi) is 5.95. The van der Waals surface area contributed by atoms with Crippen molar-refractivity contribution in [1.82, 2.24) is 5.32 Å². The SMILES string of the molecule is C=CNCCCC1CCC2C3C[C@H](CC)C4CCCCC4(C)[C@H]3CCC12S. The molecule has 0 aromatic heterocycles. The molecule has 154 valence electrons. The van der Waals surface area contributed by atoms with E-state index in [2.05, 4.69) is 25.7 Å². The van der Waals surface area contributed by atoms with Crippen LogP contribution in [0.25, 0.3) is 0 Å². The second-order valence-corrected chi connectivity index (χ2v) is 11.6. The highest BCUT2D eigenvalue weighted by molar-refractivity contribution is 7.81. The van der Waals surface area contributed by atoms with Crippen molar-refractivity contribution in [1.29, 1.82) is 0 Å². The van der Waals surface area contributed by atoms with Crippen LogP contribution in [0.5, 0.6) is 0 Å². The van der Waals surface area contributed by atoms with Crippen molar-refractivity contribution in [2.24, 2.45) is 40.9 Å². The van der Waals surface area contributed by atoms with E-state index in [9.17, 15) is 0 Å². The van der Waals surface area contributed by atoms with E-state index in [-0.39, 0.29) is 0 Å². The molecule has 0 amide bonds. The number of nitrogens with one attached hydrogen (secondary N) is 1. The Morgan fingerprint density at radius 3 is 2.70 bits per heavy atom. The average molecular weight is 390 g/mol. The first-order valence-corrected chi connectivity index (χ1v) is 12.6. The van der Waals surface area contributed by atoms with Gasteiger partial charge in [-0.2, -0.15) is 12.6 Å². The molecule has 2 heteroatoms. The molecule has 4 rings (SSSR count). The van der Waals surface area contributed by atoms with Gasteiger partial charge in [-0.15, -0.1) is 0 Å². The van der Waals surface area contributed by atoms with Gasteiger partial charge in [0, 0.05) is 11.3 Å². The number of hydrogen-bond donors (Lipinski definition) is 2. The van der Waals surface area contributed by atoms with Gasteiger partial charge in [-0.05, 0) is 105 Å². The lowest BCUT2D eigenvalue weighted by Crippen LogP contribution is -2.56. The second-order valence-electron chi connectivity index (χ2n) is 10.7. The predicted molar refractivity (Wildman–Crippen MR) is 120 cm³/mol. The zero-order valence-corrected chi connectivity index (χ0v) is 18.8. The largest absolute Gasteiger partial charge is 0.391 e. The Bertz CT molecular complexity index is 532. The maximum Gasteiger partial charge on any atom is 0.0189 e. The molecule has 6 unspecified atom stereocenters. The van der Waals surface area contributed by atoms with Crippen LogP contribution in [0.2, 0.25) is 0 Å². The van der Waals surface area contributed by atoms with Crippen molar-refractivity contribution in [3.63, 3.8) is 0 Å². The Morgan fingerprint density at radius 1 is 1.07 bits per heavy atom. The number of rotatable bonds is 6. The third-order valence-corrected chi connectivity index (χ3v) is 10.8. The third-order valence-electron chi connectivity index (χ3n) is 9.93. The van der Waals surface area contributed by atoms with Gasteiger partial charge in [-0.25, -0.2) is 0 Å². The van der Waals surface area contributed by atoms with E-state index in [0.717, 1.165) is 42.1 Å². The van der Waals surface area contributed by atoms with Crippen LogP contribution in [0.3, 0.4) is 0 Å². The van der Waals surface area contributed by atoms with Crippen LogP contribution < -0.4 is 5.32 Å². The van der Waals surface area contributed by atoms with Crippen molar-refractivity contribution < 1.29 is 0 Å². The summed E-state index contributed by atoms with van der Waals surface area (Å²) in [4.78, 5) is 0. The van der Waals surface area contributed by atoms with E-state index >= 15 is 0 Å². The quantitative estimate of drug-likeness (QED) is 0.374. The summed E-state index contributed by atoms with van der Waals surface area (Å²) >= 11 is 5.51. The van der Waals surface area contributed by atoms with Crippen molar-refractivity contribution in [2.45, 2.75) is 95.6 Å². The highest BCUT2D eigenvalue weighted by Crippen LogP contribution is 2.68. The fourth-order valence-electron chi connectivity index (χ4n) is 8.72. The molecular weight excluding hydrogens is 346 g/mol. The maximum atomic E-state index is 5.51. The lowest BCUT2D eigenvalue weighted by atomic mass is 9.44. The molecule has 0 aliphatic heterocycles. The molecule has 0 bridgehead atoms. The van der Waals surface area contributed by atoms with Crippen LogP contribution in [0.15, 0.2) is 12.8 Å². The fourth-order valence-corrected chi connectivity index (χ4v) is 9.43. The minimum Gasteiger partial charge on any atom is -0.391 e. The van der Waals surface area contributed by atoms with Crippen LogP contribution in [-0.2, 0) is 0 Å². The molecule has 0 radical (unpaired) electrons.